The van der Waals surface area contributed by atoms with Gasteiger partial charge in [0.1, 0.15) is 30.5 Å². The van der Waals surface area contributed by atoms with E-state index < -0.39 is 47.7 Å². The highest BCUT2D eigenvalue weighted by molar-refractivity contribution is 5.94. The number of hydrogen-bond acceptors (Lipinski definition) is 8. The summed E-state index contributed by atoms with van der Waals surface area (Å²) >= 11 is 0. The lowest BCUT2D eigenvalue weighted by atomic mass is 9.98. The summed E-state index contributed by atoms with van der Waals surface area (Å²) in [6, 6.07) is 18.5. The van der Waals surface area contributed by atoms with Gasteiger partial charge in [-0.1, -0.05) is 54.6 Å². The van der Waals surface area contributed by atoms with Crippen LogP contribution in [-0.2, 0) is 23.9 Å². The molecule has 0 saturated carbocycles. The summed E-state index contributed by atoms with van der Waals surface area (Å²) in [4.78, 5) is 54.8. The van der Waals surface area contributed by atoms with E-state index in [2.05, 4.69) is 10.6 Å². The molecule has 3 amide bonds. The first kappa shape index (κ1) is 32.3. The van der Waals surface area contributed by atoms with Crippen molar-refractivity contribution >= 4 is 23.9 Å². The van der Waals surface area contributed by atoms with E-state index in [1.165, 1.54) is 26.0 Å². The standard InChI is InChI=1S/C35H39N3O8/c1-20(36-34(42)45-19-26-24-13-9-7-11-22(24)23-12-8-10-14-25(23)26)32(40)38-27(33(41)46-35(2,3)4)18-30(39)37-31(38)21-15-16-28(43-5)29(17-21)44-6/h7-17,20,26-27,31H,18-19H2,1-6H3,(H,36,42)(H,37,39)/t20-,27-,31-/m0/s1. The Morgan fingerprint density at radius 1 is 0.935 bits per heavy atom. The number of alkyl carbamates (subject to hydrolysis) is 1. The Bertz CT molecular complexity index is 1600. The topological polar surface area (TPSA) is 132 Å². The van der Waals surface area contributed by atoms with E-state index in [1.807, 2.05) is 48.5 Å². The smallest absolute Gasteiger partial charge is 0.407 e. The summed E-state index contributed by atoms with van der Waals surface area (Å²) in [5.74, 6) is -1.16. The maximum absolute atomic E-state index is 14.1. The minimum Gasteiger partial charge on any atom is -0.493 e. The van der Waals surface area contributed by atoms with Gasteiger partial charge < -0.3 is 34.5 Å². The van der Waals surface area contributed by atoms with Crippen LogP contribution in [0, 0.1) is 0 Å². The average molecular weight is 630 g/mol. The second-order valence-corrected chi connectivity index (χ2v) is 12.3. The van der Waals surface area contributed by atoms with Crippen molar-refractivity contribution in [3.63, 3.8) is 0 Å². The number of methoxy groups -OCH3 is 2. The summed E-state index contributed by atoms with van der Waals surface area (Å²) in [7, 11) is 2.96. The van der Waals surface area contributed by atoms with E-state index in [-0.39, 0.29) is 18.9 Å². The van der Waals surface area contributed by atoms with Gasteiger partial charge in [-0.15, -0.1) is 0 Å². The van der Waals surface area contributed by atoms with Crippen molar-refractivity contribution in [1.82, 2.24) is 15.5 Å². The zero-order valence-corrected chi connectivity index (χ0v) is 26.8. The molecule has 2 aliphatic rings. The Morgan fingerprint density at radius 2 is 1.54 bits per heavy atom. The van der Waals surface area contributed by atoms with Crippen LogP contribution < -0.4 is 20.1 Å². The molecule has 3 atom stereocenters. The van der Waals surface area contributed by atoms with E-state index in [0.717, 1.165) is 22.3 Å². The summed E-state index contributed by atoms with van der Waals surface area (Å²) in [6.45, 7) is 6.67. The molecule has 1 aliphatic heterocycles. The second-order valence-electron chi connectivity index (χ2n) is 12.3. The van der Waals surface area contributed by atoms with Crippen LogP contribution in [0.4, 0.5) is 4.79 Å². The summed E-state index contributed by atoms with van der Waals surface area (Å²) in [6.07, 6.45) is -2.18. The van der Waals surface area contributed by atoms with E-state index in [9.17, 15) is 19.2 Å². The first-order valence-corrected chi connectivity index (χ1v) is 15.1. The second kappa shape index (κ2) is 13.1. The lowest BCUT2D eigenvalue weighted by Crippen LogP contribution is -2.62. The van der Waals surface area contributed by atoms with Gasteiger partial charge in [0.25, 0.3) is 0 Å². The average Bonchev–Trinajstić information content (AvgIpc) is 3.35. The predicted octanol–water partition coefficient (Wildman–Crippen LogP) is 4.69. The molecule has 3 aromatic carbocycles. The number of rotatable bonds is 8. The van der Waals surface area contributed by atoms with Gasteiger partial charge in [-0.3, -0.25) is 9.59 Å². The molecule has 11 nitrogen and oxygen atoms in total. The molecule has 1 saturated heterocycles. The number of hydrogen-bond donors (Lipinski definition) is 2. The largest absolute Gasteiger partial charge is 0.493 e. The molecule has 242 valence electrons. The summed E-state index contributed by atoms with van der Waals surface area (Å²) < 4.78 is 22.1. The lowest BCUT2D eigenvalue weighted by Gasteiger charge is -2.42. The minimum absolute atomic E-state index is 0.0648. The number of esters is 1. The Kier molecular flexibility index (Phi) is 9.22. The molecule has 0 bridgehead atoms. The Labute approximate surface area is 268 Å². The lowest BCUT2D eigenvalue weighted by molar-refractivity contribution is -0.172. The van der Waals surface area contributed by atoms with E-state index in [0.29, 0.717) is 17.1 Å². The molecular weight excluding hydrogens is 590 g/mol. The van der Waals surface area contributed by atoms with Crippen LogP contribution in [0.3, 0.4) is 0 Å². The van der Waals surface area contributed by atoms with Crippen molar-refractivity contribution in [2.24, 2.45) is 0 Å². The number of nitrogens with zero attached hydrogens (tertiary/aromatic N) is 1. The van der Waals surface area contributed by atoms with Gasteiger partial charge in [-0.25, -0.2) is 9.59 Å². The fraction of sp³-hybridized carbons (Fsp3) is 0.371. The number of carbonyl (C=O) groups excluding carboxylic acids is 4. The highest BCUT2D eigenvalue weighted by Gasteiger charge is 2.45. The molecule has 5 rings (SSSR count). The third-order valence-electron chi connectivity index (χ3n) is 8.00. The van der Waals surface area contributed by atoms with Gasteiger partial charge in [0.05, 0.1) is 20.6 Å². The zero-order valence-electron chi connectivity index (χ0n) is 26.8. The van der Waals surface area contributed by atoms with Gasteiger partial charge in [0, 0.05) is 5.92 Å². The molecule has 1 heterocycles. The van der Waals surface area contributed by atoms with Gasteiger partial charge in [-0.2, -0.15) is 0 Å². The number of ether oxygens (including phenoxy) is 4. The molecule has 0 unspecified atom stereocenters. The van der Waals surface area contributed by atoms with Crippen LogP contribution in [-0.4, -0.2) is 67.3 Å². The maximum atomic E-state index is 14.1. The Balaban J connectivity index is 1.37. The highest BCUT2D eigenvalue weighted by atomic mass is 16.6. The molecule has 3 aromatic rings. The van der Waals surface area contributed by atoms with Crippen LogP contribution >= 0.6 is 0 Å². The van der Waals surface area contributed by atoms with Gasteiger partial charge in [0.15, 0.2) is 11.5 Å². The molecule has 0 spiro atoms. The predicted molar refractivity (Wildman–Crippen MR) is 169 cm³/mol. The minimum atomic E-state index is -1.26. The fourth-order valence-corrected chi connectivity index (χ4v) is 5.95. The van der Waals surface area contributed by atoms with Crippen LogP contribution in [0.5, 0.6) is 11.5 Å². The Morgan fingerprint density at radius 3 is 2.13 bits per heavy atom. The van der Waals surface area contributed by atoms with Crippen LogP contribution in [0.1, 0.15) is 62.9 Å². The number of amides is 3. The summed E-state index contributed by atoms with van der Waals surface area (Å²) in [5.41, 5.74) is 3.89. The normalized spacial score (nSPS) is 18.0. The summed E-state index contributed by atoms with van der Waals surface area (Å²) in [5, 5.41) is 5.43. The molecule has 1 aliphatic carbocycles. The molecule has 2 N–H and O–H groups in total. The van der Waals surface area contributed by atoms with Crippen molar-refractivity contribution in [2.75, 3.05) is 20.8 Å². The Hall–Kier alpha value is -5.06. The van der Waals surface area contributed by atoms with Gasteiger partial charge >= 0.3 is 12.1 Å². The highest BCUT2D eigenvalue weighted by Crippen LogP contribution is 2.44. The SMILES string of the molecule is COc1ccc([C@H]2NC(=O)C[C@@H](C(=O)OC(C)(C)C)N2C(=O)[C@H](C)NC(=O)OCC2c3ccccc3-c3ccccc32)cc1OC. The quantitative estimate of drug-likeness (QED) is 0.343. The number of carbonyl (C=O) groups is 4. The molecule has 0 aromatic heterocycles. The van der Waals surface area contributed by atoms with E-state index in [4.69, 9.17) is 18.9 Å². The number of nitrogens with one attached hydrogen (secondary N) is 2. The van der Waals surface area contributed by atoms with Crippen molar-refractivity contribution in [3.8, 4) is 22.6 Å². The number of benzene rings is 3. The first-order valence-electron chi connectivity index (χ1n) is 15.1. The molecule has 1 fully saturated rings. The van der Waals surface area contributed by atoms with E-state index >= 15 is 0 Å². The third kappa shape index (κ3) is 6.63. The monoisotopic (exact) mass is 629 g/mol. The molecule has 46 heavy (non-hydrogen) atoms. The molecular formula is C35H39N3O8. The van der Waals surface area contributed by atoms with E-state index in [1.54, 1.807) is 39.0 Å². The van der Waals surface area contributed by atoms with Crippen molar-refractivity contribution in [3.05, 3.63) is 83.4 Å². The number of fused-ring (bicyclic) bond motifs is 3. The van der Waals surface area contributed by atoms with Crippen LogP contribution in [0.25, 0.3) is 11.1 Å². The fourth-order valence-electron chi connectivity index (χ4n) is 5.95. The van der Waals surface area contributed by atoms with Gasteiger partial charge in [0.2, 0.25) is 11.8 Å². The van der Waals surface area contributed by atoms with Gasteiger partial charge in [-0.05, 0) is 67.6 Å². The van der Waals surface area contributed by atoms with Crippen LogP contribution in [0.15, 0.2) is 66.7 Å². The maximum Gasteiger partial charge on any atom is 0.407 e. The third-order valence-corrected chi connectivity index (χ3v) is 8.00. The van der Waals surface area contributed by atoms with Crippen LogP contribution in [0.2, 0.25) is 0 Å². The van der Waals surface area contributed by atoms with Crippen molar-refractivity contribution in [1.29, 1.82) is 0 Å². The van der Waals surface area contributed by atoms with Crippen molar-refractivity contribution in [2.45, 2.75) is 63.9 Å². The first-order chi connectivity index (χ1) is 21.9. The zero-order chi connectivity index (χ0) is 33.2. The molecule has 11 heteroatoms. The van der Waals surface area contributed by atoms with Crippen molar-refractivity contribution < 1.29 is 38.1 Å². The molecule has 0 radical (unpaired) electrons.